The molecule has 0 nitrogen and oxygen atoms in total. The first-order valence-corrected chi connectivity index (χ1v) is 14.5. The molecule has 0 aliphatic rings. The third-order valence-corrected chi connectivity index (χ3v) is 9.04. The summed E-state index contributed by atoms with van der Waals surface area (Å²) in [7, 11) is 0. The van der Waals surface area contributed by atoms with Gasteiger partial charge in [-0.15, -0.1) is 0 Å². The third-order valence-electron chi connectivity index (χ3n) is 9.04. The van der Waals surface area contributed by atoms with Crippen molar-refractivity contribution in [1.29, 1.82) is 0 Å². The Morgan fingerprint density at radius 1 is 0.556 bits per heavy atom. The predicted molar refractivity (Wildman–Crippen MR) is 159 cm³/mol. The van der Waals surface area contributed by atoms with Gasteiger partial charge in [-0.2, -0.15) is 0 Å². The van der Waals surface area contributed by atoms with Crippen molar-refractivity contribution in [3.63, 3.8) is 0 Å². The fourth-order valence-electron chi connectivity index (χ4n) is 5.91. The molecule has 0 aliphatic heterocycles. The van der Waals surface area contributed by atoms with Gasteiger partial charge in [0.2, 0.25) is 0 Å². The normalized spacial score (nSPS) is 16.7. The number of hydrogen-bond donors (Lipinski definition) is 0. The van der Waals surface area contributed by atoms with E-state index in [1.165, 1.54) is 46.2 Å². The molecule has 0 aromatic heterocycles. The van der Waals surface area contributed by atoms with Crippen LogP contribution in [0.15, 0.2) is 72.8 Å². The average molecular weight is 467 g/mol. The van der Waals surface area contributed by atoms with Crippen LogP contribution in [0, 0.1) is 11.8 Å². The van der Waals surface area contributed by atoms with Crippen LogP contribution in [0.3, 0.4) is 0 Å². The van der Waals surface area contributed by atoms with Crippen molar-refractivity contribution in [3.05, 3.63) is 106 Å². The zero-order valence-corrected chi connectivity index (χ0v) is 24.3. The van der Waals surface area contributed by atoms with Crippen LogP contribution in [0.4, 0.5) is 0 Å². The standard InChI is InChI=1S/C34H44.2Li/c1-7-25(5)22-33(29-18-14-27(9-3)15-19-29)31-12-11-13-32(24-31)34(23-26(6)8-2)30-20-16-28(10-4)17-21-30;;/h11-21,24-26H,7-10,22-23H2,1-6H3;;. The van der Waals surface area contributed by atoms with Gasteiger partial charge in [-0.3, -0.25) is 0 Å². The van der Waals surface area contributed by atoms with Crippen LogP contribution in [-0.2, 0) is 21.0 Å². The summed E-state index contributed by atoms with van der Waals surface area (Å²) in [4.78, 5) is 0. The number of hydrogen-bond acceptors (Lipinski definition) is 0. The van der Waals surface area contributed by atoms with E-state index in [9.17, 15) is 0 Å². The molecular weight excluding hydrogens is 422 g/mol. The van der Waals surface area contributed by atoms with E-state index in [-0.39, 0.29) is 8.18 Å². The van der Waals surface area contributed by atoms with E-state index in [1.54, 1.807) is 0 Å². The number of aryl methyl sites for hydroxylation is 2. The number of benzene rings is 3. The first kappa shape index (κ1) is 29.4. The molecule has 0 amide bonds. The van der Waals surface area contributed by atoms with Gasteiger partial charge in [0, 0.05) is 0 Å². The maximum atomic E-state index is 2.55. The molecule has 0 fully saturated rings. The summed E-state index contributed by atoms with van der Waals surface area (Å²) in [5.74, 6) is 1.33. The van der Waals surface area contributed by atoms with Crippen LogP contribution in [0.2, 0.25) is 0 Å². The van der Waals surface area contributed by atoms with Gasteiger partial charge in [-0.05, 0) is 0 Å². The monoisotopic (exact) mass is 466 g/mol. The Labute approximate surface area is 240 Å². The molecule has 2 heteroatoms. The molecule has 0 saturated carbocycles. The Morgan fingerprint density at radius 3 is 1.22 bits per heavy atom. The van der Waals surface area contributed by atoms with E-state index < -0.39 is 0 Å². The summed E-state index contributed by atoms with van der Waals surface area (Å²) in [5.41, 5.74) is 8.60. The van der Waals surface area contributed by atoms with Gasteiger partial charge in [0.1, 0.15) is 0 Å². The predicted octanol–water partition coefficient (Wildman–Crippen LogP) is 8.51. The third kappa shape index (κ3) is 6.64. The zero-order chi connectivity index (χ0) is 26.3. The van der Waals surface area contributed by atoms with Crippen LogP contribution in [0.5, 0.6) is 0 Å². The van der Waals surface area contributed by atoms with E-state index in [0.717, 1.165) is 25.7 Å². The van der Waals surface area contributed by atoms with Crippen LogP contribution < -0.4 is 0 Å². The van der Waals surface area contributed by atoms with Crippen LogP contribution in [-0.4, -0.2) is 35.4 Å². The Morgan fingerprint density at radius 2 is 0.917 bits per heavy atom. The fourth-order valence-corrected chi connectivity index (χ4v) is 5.91. The van der Waals surface area contributed by atoms with Crippen LogP contribution >= 0.6 is 0 Å². The van der Waals surface area contributed by atoms with Crippen LogP contribution in [0.25, 0.3) is 0 Å². The van der Waals surface area contributed by atoms with Crippen molar-refractivity contribution in [2.45, 2.75) is 88.2 Å². The molecule has 182 valence electrons. The van der Waals surface area contributed by atoms with Crippen molar-refractivity contribution >= 4 is 35.4 Å². The number of rotatable bonds is 12. The Balaban J connectivity index is 2.15. The van der Waals surface area contributed by atoms with Gasteiger partial charge in [0.05, 0.1) is 0 Å². The van der Waals surface area contributed by atoms with Crippen molar-refractivity contribution in [2.24, 2.45) is 11.8 Å². The summed E-state index contributed by atoms with van der Waals surface area (Å²) in [6.45, 7) is 13.9. The van der Waals surface area contributed by atoms with Gasteiger partial charge < -0.3 is 0 Å². The van der Waals surface area contributed by atoms with Crippen molar-refractivity contribution in [3.8, 4) is 0 Å². The maximum absolute atomic E-state index is 2.55. The zero-order valence-electron chi connectivity index (χ0n) is 24.3. The molecule has 4 atom stereocenters. The molecule has 0 aliphatic carbocycles. The summed E-state index contributed by atoms with van der Waals surface area (Å²) in [6, 6.07) is 28.5. The molecule has 0 saturated heterocycles. The Hall–Kier alpha value is -1.15. The topological polar surface area (TPSA) is 0 Å². The molecule has 4 unspecified atom stereocenters. The van der Waals surface area contributed by atoms with Gasteiger partial charge in [-0.25, -0.2) is 0 Å². The molecule has 3 rings (SSSR count). The Kier molecular flexibility index (Phi) is 10.7. The summed E-state index contributed by atoms with van der Waals surface area (Å²) in [6.07, 6.45) is 6.90. The molecule has 3 aromatic carbocycles. The van der Waals surface area contributed by atoms with Gasteiger partial charge in [-0.1, -0.05) is 0 Å². The van der Waals surface area contributed by atoms with E-state index in [0.29, 0.717) is 11.8 Å². The molecule has 0 spiro atoms. The van der Waals surface area contributed by atoms with Crippen LogP contribution in [0.1, 0.15) is 101 Å². The van der Waals surface area contributed by atoms with Gasteiger partial charge in [0.15, 0.2) is 0 Å². The molecular formula is C34H44Li2. The minimum absolute atomic E-state index is 0.0128. The van der Waals surface area contributed by atoms with E-state index in [2.05, 4.69) is 150 Å². The molecule has 0 radical (unpaired) electrons. The Bertz CT molecular complexity index is 1000. The van der Waals surface area contributed by atoms with Crippen molar-refractivity contribution < 1.29 is 0 Å². The molecule has 0 N–H and O–H groups in total. The second-order valence-electron chi connectivity index (χ2n) is 11.8. The first-order chi connectivity index (χ1) is 17.2. The van der Waals surface area contributed by atoms with Gasteiger partial charge in [0.25, 0.3) is 0 Å². The molecule has 36 heavy (non-hydrogen) atoms. The second-order valence-corrected chi connectivity index (χ2v) is 11.8. The van der Waals surface area contributed by atoms with E-state index >= 15 is 0 Å². The summed E-state index contributed by atoms with van der Waals surface area (Å²) in [5, 5.41) is 0. The molecule has 0 bridgehead atoms. The molecule has 3 aromatic rings. The summed E-state index contributed by atoms with van der Waals surface area (Å²) >= 11 is 4.95. The van der Waals surface area contributed by atoms with Gasteiger partial charge >= 0.3 is 242 Å². The average Bonchev–Trinajstić information content (AvgIpc) is 2.92. The van der Waals surface area contributed by atoms with Crippen molar-refractivity contribution in [1.82, 2.24) is 0 Å². The summed E-state index contributed by atoms with van der Waals surface area (Å²) < 4.78 is -0.0257. The fraction of sp³-hybridized carbons (Fsp3) is 0.471. The van der Waals surface area contributed by atoms with E-state index in [4.69, 9.17) is 0 Å². The van der Waals surface area contributed by atoms with Crippen molar-refractivity contribution in [2.75, 3.05) is 0 Å². The quantitative estimate of drug-likeness (QED) is 0.235. The second kappa shape index (κ2) is 13.1. The van der Waals surface area contributed by atoms with E-state index in [1.807, 2.05) is 0 Å². The first-order valence-electron chi connectivity index (χ1n) is 14.5. The SMILES string of the molecule is [Li][C](CC(C)CC)(c1ccc(CC)cc1)c1cccc([C]([Li])(CC(C)CC)c2ccc(CC)cc2)c1. The minimum atomic E-state index is -0.0128. The molecule has 0 heterocycles.